The third-order valence-electron chi connectivity index (χ3n) is 2.90. The van der Waals surface area contributed by atoms with Crippen molar-refractivity contribution < 1.29 is 4.79 Å². The lowest BCUT2D eigenvalue weighted by atomic mass is 10.1. The van der Waals surface area contributed by atoms with Crippen molar-refractivity contribution in [2.45, 2.75) is 20.4 Å². The molecular formula is C16H16ClNO. The molecule has 0 aromatic heterocycles. The first-order valence-corrected chi connectivity index (χ1v) is 6.54. The fourth-order valence-electron chi connectivity index (χ4n) is 1.90. The van der Waals surface area contributed by atoms with Crippen molar-refractivity contribution in [3.8, 4) is 0 Å². The Balaban J connectivity index is 2.05. The maximum Gasteiger partial charge on any atom is 0.253 e. The van der Waals surface area contributed by atoms with Crippen molar-refractivity contribution in [1.29, 1.82) is 0 Å². The van der Waals surface area contributed by atoms with Crippen LogP contribution in [0.15, 0.2) is 42.5 Å². The summed E-state index contributed by atoms with van der Waals surface area (Å²) in [7, 11) is 0. The van der Waals surface area contributed by atoms with E-state index >= 15 is 0 Å². The first kappa shape index (κ1) is 13.6. The van der Waals surface area contributed by atoms with Gasteiger partial charge in [0.25, 0.3) is 5.91 Å². The standard InChI is InChI=1S/C16H16ClNO/c1-11-4-3-5-13(8-11)10-18-16(19)14-7-6-12(2)9-15(14)17/h3-9H,10H2,1-2H3,(H,18,19). The van der Waals surface area contributed by atoms with Gasteiger partial charge in [-0.25, -0.2) is 0 Å². The molecule has 2 nitrogen and oxygen atoms in total. The normalized spacial score (nSPS) is 10.3. The van der Waals surface area contributed by atoms with E-state index in [1.54, 1.807) is 12.1 Å². The van der Waals surface area contributed by atoms with Gasteiger partial charge in [-0.05, 0) is 37.1 Å². The molecule has 2 aromatic carbocycles. The van der Waals surface area contributed by atoms with Gasteiger partial charge >= 0.3 is 0 Å². The smallest absolute Gasteiger partial charge is 0.253 e. The van der Waals surface area contributed by atoms with Crippen LogP contribution >= 0.6 is 11.6 Å². The van der Waals surface area contributed by atoms with Crippen LogP contribution < -0.4 is 5.32 Å². The largest absolute Gasteiger partial charge is 0.348 e. The summed E-state index contributed by atoms with van der Waals surface area (Å²) in [4.78, 5) is 12.0. The van der Waals surface area contributed by atoms with Gasteiger partial charge < -0.3 is 5.32 Å². The highest BCUT2D eigenvalue weighted by Crippen LogP contribution is 2.17. The molecule has 0 aliphatic rings. The van der Waals surface area contributed by atoms with Gasteiger partial charge in [0.2, 0.25) is 0 Å². The second kappa shape index (κ2) is 5.89. The van der Waals surface area contributed by atoms with Crippen LogP contribution in [0, 0.1) is 13.8 Å². The summed E-state index contributed by atoms with van der Waals surface area (Å²) in [6.45, 7) is 4.48. The molecule has 1 N–H and O–H groups in total. The van der Waals surface area contributed by atoms with Crippen LogP contribution in [0.1, 0.15) is 27.0 Å². The van der Waals surface area contributed by atoms with Gasteiger partial charge in [-0.3, -0.25) is 4.79 Å². The van der Waals surface area contributed by atoms with E-state index in [4.69, 9.17) is 11.6 Å². The zero-order valence-electron chi connectivity index (χ0n) is 11.0. The summed E-state index contributed by atoms with van der Waals surface area (Å²) in [6, 6.07) is 13.5. The van der Waals surface area contributed by atoms with Gasteiger partial charge in [-0.15, -0.1) is 0 Å². The maximum atomic E-state index is 12.0. The van der Waals surface area contributed by atoms with E-state index in [9.17, 15) is 4.79 Å². The molecule has 0 aliphatic carbocycles. The number of nitrogens with one attached hydrogen (secondary N) is 1. The molecule has 0 saturated carbocycles. The van der Waals surface area contributed by atoms with Crippen molar-refractivity contribution in [2.75, 3.05) is 0 Å². The predicted molar refractivity (Wildman–Crippen MR) is 78.5 cm³/mol. The lowest BCUT2D eigenvalue weighted by molar-refractivity contribution is 0.0951. The molecule has 19 heavy (non-hydrogen) atoms. The molecule has 2 aromatic rings. The van der Waals surface area contributed by atoms with Crippen LogP contribution in [0.3, 0.4) is 0 Å². The number of benzene rings is 2. The zero-order chi connectivity index (χ0) is 13.8. The van der Waals surface area contributed by atoms with E-state index in [1.165, 1.54) is 5.56 Å². The molecule has 0 radical (unpaired) electrons. The van der Waals surface area contributed by atoms with Crippen molar-refractivity contribution in [3.05, 3.63) is 69.7 Å². The van der Waals surface area contributed by atoms with Crippen LogP contribution in [0.25, 0.3) is 0 Å². The molecule has 2 rings (SSSR count). The summed E-state index contributed by atoms with van der Waals surface area (Å²) >= 11 is 6.07. The fourth-order valence-corrected chi connectivity index (χ4v) is 2.22. The highest BCUT2D eigenvalue weighted by atomic mass is 35.5. The summed E-state index contributed by atoms with van der Waals surface area (Å²) < 4.78 is 0. The van der Waals surface area contributed by atoms with E-state index < -0.39 is 0 Å². The van der Waals surface area contributed by atoms with Gasteiger partial charge in [0.1, 0.15) is 0 Å². The topological polar surface area (TPSA) is 29.1 Å². The second-order valence-electron chi connectivity index (χ2n) is 4.66. The van der Waals surface area contributed by atoms with Crippen LogP contribution in [-0.4, -0.2) is 5.91 Å². The molecule has 0 bridgehead atoms. The highest BCUT2D eigenvalue weighted by molar-refractivity contribution is 6.33. The molecule has 0 fully saturated rings. The van der Waals surface area contributed by atoms with Crippen molar-refractivity contribution in [3.63, 3.8) is 0 Å². The first-order valence-electron chi connectivity index (χ1n) is 6.16. The summed E-state index contributed by atoms with van der Waals surface area (Å²) in [5.74, 6) is -0.147. The van der Waals surface area contributed by atoms with Gasteiger partial charge in [0.15, 0.2) is 0 Å². The van der Waals surface area contributed by atoms with Crippen LogP contribution in [0.5, 0.6) is 0 Å². The number of hydrogen-bond donors (Lipinski definition) is 1. The number of carbonyl (C=O) groups excluding carboxylic acids is 1. The maximum absolute atomic E-state index is 12.0. The number of carbonyl (C=O) groups is 1. The molecule has 1 amide bonds. The van der Waals surface area contributed by atoms with Crippen molar-refractivity contribution in [1.82, 2.24) is 5.32 Å². The van der Waals surface area contributed by atoms with Crippen LogP contribution in [-0.2, 0) is 6.54 Å². The monoisotopic (exact) mass is 273 g/mol. The first-order chi connectivity index (χ1) is 9.06. The van der Waals surface area contributed by atoms with Crippen LogP contribution in [0.4, 0.5) is 0 Å². The Bertz CT molecular complexity index is 607. The van der Waals surface area contributed by atoms with E-state index in [0.29, 0.717) is 17.1 Å². The number of aryl methyl sites for hydroxylation is 2. The molecule has 0 spiro atoms. The predicted octanol–water partition coefficient (Wildman–Crippen LogP) is 3.89. The average molecular weight is 274 g/mol. The third-order valence-corrected chi connectivity index (χ3v) is 3.22. The van der Waals surface area contributed by atoms with Crippen LogP contribution in [0.2, 0.25) is 5.02 Å². The Morgan fingerprint density at radius 2 is 1.84 bits per heavy atom. The molecule has 98 valence electrons. The third kappa shape index (κ3) is 3.58. The van der Waals surface area contributed by atoms with Gasteiger partial charge in [0.05, 0.1) is 10.6 Å². The van der Waals surface area contributed by atoms with E-state index in [0.717, 1.165) is 11.1 Å². The van der Waals surface area contributed by atoms with Gasteiger partial charge in [-0.1, -0.05) is 47.5 Å². The minimum absolute atomic E-state index is 0.147. The highest BCUT2D eigenvalue weighted by Gasteiger charge is 2.09. The minimum Gasteiger partial charge on any atom is -0.348 e. The van der Waals surface area contributed by atoms with Gasteiger partial charge in [0, 0.05) is 6.54 Å². The lowest BCUT2D eigenvalue weighted by Gasteiger charge is -2.08. The fraction of sp³-hybridized carbons (Fsp3) is 0.188. The van der Waals surface area contributed by atoms with Crippen molar-refractivity contribution in [2.24, 2.45) is 0 Å². The van der Waals surface area contributed by atoms with Crippen molar-refractivity contribution >= 4 is 17.5 Å². The quantitative estimate of drug-likeness (QED) is 0.903. The summed E-state index contributed by atoms with van der Waals surface area (Å²) in [5, 5.41) is 3.37. The molecular weight excluding hydrogens is 258 g/mol. The minimum atomic E-state index is -0.147. The number of rotatable bonds is 3. The molecule has 3 heteroatoms. The van der Waals surface area contributed by atoms with E-state index in [2.05, 4.69) is 11.4 Å². The Kier molecular flexibility index (Phi) is 4.23. The molecule has 0 saturated heterocycles. The molecule has 0 aliphatic heterocycles. The number of halogens is 1. The molecule has 0 unspecified atom stereocenters. The molecule has 0 atom stereocenters. The Morgan fingerprint density at radius 1 is 1.11 bits per heavy atom. The Labute approximate surface area is 118 Å². The number of amides is 1. The van der Waals surface area contributed by atoms with Gasteiger partial charge in [-0.2, -0.15) is 0 Å². The number of hydrogen-bond acceptors (Lipinski definition) is 1. The second-order valence-corrected chi connectivity index (χ2v) is 5.06. The Morgan fingerprint density at radius 3 is 2.53 bits per heavy atom. The average Bonchev–Trinajstić information content (AvgIpc) is 2.36. The van der Waals surface area contributed by atoms with E-state index in [-0.39, 0.29) is 5.91 Å². The summed E-state index contributed by atoms with van der Waals surface area (Å²) in [6.07, 6.45) is 0. The van der Waals surface area contributed by atoms with E-state index in [1.807, 2.05) is 38.1 Å². The Hall–Kier alpha value is -1.80. The zero-order valence-corrected chi connectivity index (χ0v) is 11.8. The SMILES string of the molecule is Cc1cccc(CNC(=O)c2ccc(C)cc2Cl)c1. The lowest BCUT2D eigenvalue weighted by Crippen LogP contribution is -2.23. The summed E-state index contributed by atoms with van der Waals surface area (Å²) in [5.41, 5.74) is 3.82. The molecule has 0 heterocycles.